The summed E-state index contributed by atoms with van der Waals surface area (Å²) < 4.78 is 0. The molecule has 1 aliphatic heterocycles. The lowest BCUT2D eigenvalue weighted by Gasteiger charge is -2.06. The fourth-order valence-electron chi connectivity index (χ4n) is 1.18. The van der Waals surface area contributed by atoms with Gasteiger partial charge in [-0.05, 0) is 19.3 Å². The molecule has 0 radical (unpaired) electrons. The summed E-state index contributed by atoms with van der Waals surface area (Å²) in [5.41, 5.74) is 0. The fourth-order valence-corrected chi connectivity index (χ4v) is 1.18. The smallest absolute Gasteiger partial charge is 0.105 e. The van der Waals surface area contributed by atoms with E-state index in [9.17, 15) is 0 Å². The molecule has 0 unspecified atom stereocenters. The minimum atomic E-state index is -0.269. The van der Waals surface area contributed by atoms with Gasteiger partial charge in [0.15, 0.2) is 0 Å². The number of aliphatic hydroxyl groups is 1. The molecule has 0 bridgehead atoms. The van der Waals surface area contributed by atoms with Crippen molar-refractivity contribution in [3.63, 3.8) is 0 Å². The highest BCUT2D eigenvalue weighted by Gasteiger charge is 2.19. The van der Waals surface area contributed by atoms with Gasteiger partial charge in [-0.2, -0.15) is 0 Å². The van der Waals surface area contributed by atoms with Gasteiger partial charge in [-0.25, -0.2) is 0 Å². The van der Waals surface area contributed by atoms with Gasteiger partial charge in [-0.3, -0.25) is 5.32 Å². The average Bonchev–Trinajstić information content (AvgIpc) is 2.17. The van der Waals surface area contributed by atoms with Crippen LogP contribution in [0.25, 0.3) is 0 Å². The van der Waals surface area contributed by atoms with Gasteiger partial charge in [-0.1, -0.05) is 6.08 Å². The molecule has 0 spiro atoms. The second-order valence-corrected chi connectivity index (χ2v) is 2.48. The Labute approximate surface area is 55.6 Å². The van der Waals surface area contributed by atoms with Gasteiger partial charge in [0.05, 0.1) is 0 Å². The Morgan fingerprint density at radius 3 is 2.89 bits per heavy atom. The highest BCUT2D eigenvalue weighted by Crippen LogP contribution is 2.12. The Balaban J connectivity index is 2.21. The van der Waals surface area contributed by atoms with Crippen LogP contribution >= 0.6 is 0 Å². The third-order valence-electron chi connectivity index (χ3n) is 1.67. The topological polar surface area (TPSA) is 32.3 Å². The monoisotopic (exact) mass is 127 g/mol. The number of hydrogen-bond acceptors (Lipinski definition) is 2. The van der Waals surface area contributed by atoms with Crippen molar-refractivity contribution >= 4 is 0 Å². The second kappa shape index (κ2) is 2.99. The summed E-state index contributed by atoms with van der Waals surface area (Å²) in [7, 11) is 0. The maximum Gasteiger partial charge on any atom is 0.105 e. The quantitative estimate of drug-likeness (QED) is 0.533. The zero-order valence-corrected chi connectivity index (χ0v) is 5.51. The Bertz CT molecular complexity index is 103. The third-order valence-corrected chi connectivity index (χ3v) is 1.67. The minimum Gasteiger partial charge on any atom is -0.379 e. The predicted octanol–water partition coefficient (Wildman–Crippen LogP) is 0.633. The van der Waals surface area contributed by atoms with Crippen LogP contribution in [-0.2, 0) is 0 Å². The van der Waals surface area contributed by atoms with Crippen LogP contribution in [-0.4, -0.2) is 17.4 Å². The largest absolute Gasteiger partial charge is 0.379 e. The first-order chi connectivity index (χ1) is 4.33. The molecule has 2 heteroatoms. The first-order valence-electron chi connectivity index (χ1n) is 3.38. The zero-order chi connectivity index (χ0) is 6.69. The molecule has 2 N–H and O–H groups in total. The van der Waals surface area contributed by atoms with E-state index >= 15 is 0 Å². The standard InChI is InChI=1S/C7H13NO/c1-2-3-6-4-5-7(9)8-6/h2,6-9H,1,3-5H2/t6-,7+/m1/s1. The molecule has 1 heterocycles. The zero-order valence-electron chi connectivity index (χ0n) is 5.51. The third kappa shape index (κ3) is 1.80. The van der Waals surface area contributed by atoms with Crippen molar-refractivity contribution in [2.45, 2.75) is 31.5 Å². The number of rotatable bonds is 2. The van der Waals surface area contributed by atoms with Crippen LogP contribution in [0.1, 0.15) is 19.3 Å². The molecule has 1 fully saturated rings. The molecule has 0 saturated carbocycles. The molecule has 0 aromatic rings. The Morgan fingerprint density at radius 2 is 2.44 bits per heavy atom. The Morgan fingerprint density at radius 1 is 1.67 bits per heavy atom. The fraction of sp³-hybridized carbons (Fsp3) is 0.714. The predicted molar refractivity (Wildman–Crippen MR) is 37.0 cm³/mol. The van der Waals surface area contributed by atoms with Gasteiger partial charge in [0.25, 0.3) is 0 Å². The number of aliphatic hydroxyl groups excluding tert-OH is 1. The molecule has 2 nitrogen and oxygen atoms in total. The molecule has 52 valence electrons. The van der Waals surface area contributed by atoms with E-state index < -0.39 is 0 Å². The van der Waals surface area contributed by atoms with Crippen LogP contribution in [0.2, 0.25) is 0 Å². The van der Waals surface area contributed by atoms with Gasteiger partial charge in [-0.15, -0.1) is 6.58 Å². The summed E-state index contributed by atoms with van der Waals surface area (Å²) in [6.45, 7) is 3.63. The summed E-state index contributed by atoms with van der Waals surface area (Å²) in [5.74, 6) is 0. The highest BCUT2D eigenvalue weighted by molar-refractivity contribution is 4.83. The van der Waals surface area contributed by atoms with Gasteiger partial charge < -0.3 is 5.11 Å². The van der Waals surface area contributed by atoms with Gasteiger partial charge in [0, 0.05) is 6.04 Å². The van der Waals surface area contributed by atoms with Crippen molar-refractivity contribution in [1.29, 1.82) is 0 Å². The molecular formula is C7H13NO. The SMILES string of the molecule is C=CC[C@@H]1CC[C@H](O)N1. The van der Waals surface area contributed by atoms with Crippen molar-refractivity contribution in [1.82, 2.24) is 5.32 Å². The maximum absolute atomic E-state index is 8.98. The Hall–Kier alpha value is -0.340. The summed E-state index contributed by atoms with van der Waals surface area (Å²) in [6.07, 6.45) is 4.55. The molecule has 1 rings (SSSR count). The first-order valence-corrected chi connectivity index (χ1v) is 3.38. The van der Waals surface area contributed by atoms with Gasteiger partial charge >= 0.3 is 0 Å². The molecule has 2 atom stereocenters. The Kier molecular flexibility index (Phi) is 2.25. The lowest BCUT2D eigenvalue weighted by Crippen LogP contribution is -2.28. The highest BCUT2D eigenvalue weighted by atomic mass is 16.3. The average molecular weight is 127 g/mol. The summed E-state index contributed by atoms with van der Waals surface area (Å²) in [5, 5.41) is 12.0. The molecule has 0 aliphatic carbocycles. The van der Waals surface area contributed by atoms with Crippen molar-refractivity contribution in [2.75, 3.05) is 0 Å². The molecule has 0 aromatic carbocycles. The molecule has 1 saturated heterocycles. The van der Waals surface area contributed by atoms with E-state index in [0.717, 1.165) is 19.3 Å². The molecular weight excluding hydrogens is 114 g/mol. The number of hydrogen-bond donors (Lipinski definition) is 2. The lowest BCUT2D eigenvalue weighted by atomic mass is 10.2. The van der Waals surface area contributed by atoms with E-state index in [1.165, 1.54) is 0 Å². The van der Waals surface area contributed by atoms with Gasteiger partial charge in [0.2, 0.25) is 0 Å². The van der Waals surface area contributed by atoms with Crippen LogP contribution in [0, 0.1) is 0 Å². The lowest BCUT2D eigenvalue weighted by molar-refractivity contribution is 0.155. The van der Waals surface area contributed by atoms with E-state index in [2.05, 4.69) is 11.9 Å². The van der Waals surface area contributed by atoms with Crippen LogP contribution in [0.3, 0.4) is 0 Å². The molecule has 9 heavy (non-hydrogen) atoms. The minimum absolute atomic E-state index is 0.269. The van der Waals surface area contributed by atoms with Crippen molar-refractivity contribution in [3.05, 3.63) is 12.7 Å². The second-order valence-electron chi connectivity index (χ2n) is 2.48. The summed E-state index contributed by atoms with van der Waals surface area (Å²) in [4.78, 5) is 0. The van der Waals surface area contributed by atoms with E-state index in [4.69, 9.17) is 5.11 Å². The number of nitrogens with one attached hydrogen (secondary N) is 1. The first kappa shape index (κ1) is 6.78. The van der Waals surface area contributed by atoms with Crippen LogP contribution in [0.5, 0.6) is 0 Å². The molecule has 1 aliphatic rings. The summed E-state index contributed by atoms with van der Waals surface area (Å²) in [6, 6.07) is 0.470. The van der Waals surface area contributed by atoms with E-state index in [1.807, 2.05) is 6.08 Å². The van der Waals surface area contributed by atoms with Crippen LogP contribution in [0.4, 0.5) is 0 Å². The van der Waals surface area contributed by atoms with Crippen LogP contribution in [0.15, 0.2) is 12.7 Å². The maximum atomic E-state index is 8.98. The van der Waals surface area contributed by atoms with Crippen molar-refractivity contribution < 1.29 is 5.11 Å². The summed E-state index contributed by atoms with van der Waals surface area (Å²) >= 11 is 0. The van der Waals surface area contributed by atoms with E-state index in [1.54, 1.807) is 0 Å². The van der Waals surface area contributed by atoms with Crippen molar-refractivity contribution in [2.24, 2.45) is 0 Å². The van der Waals surface area contributed by atoms with E-state index in [0.29, 0.717) is 6.04 Å². The van der Waals surface area contributed by atoms with E-state index in [-0.39, 0.29) is 6.23 Å². The molecule has 0 amide bonds. The van der Waals surface area contributed by atoms with Crippen molar-refractivity contribution in [3.8, 4) is 0 Å². The normalized spacial score (nSPS) is 34.8. The van der Waals surface area contributed by atoms with Crippen LogP contribution < -0.4 is 5.32 Å². The molecule has 0 aromatic heterocycles. The van der Waals surface area contributed by atoms with Gasteiger partial charge in [0.1, 0.15) is 6.23 Å².